The van der Waals surface area contributed by atoms with E-state index in [2.05, 4.69) is 10.2 Å². The molecule has 1 aromatic heterocycles. The first-order valence-corrected chi connectivity index (χ1v) is 11.7. The van der Waals surface area contributed by atoms with Crippen LogP contribution in [0.4, 0.5) is 4.39 Å². The highest BCUT2D eigenvalue weighted by Crippen LogP contribution is 2.34. The highest BCUT2D eigenvalue weighted by molar-refractivity contribution is 7.14. The summed E-state index contributed by atoms with van der Waals surface area (Å²) in [5.41, 5.74) is 1.09. The van der Waals surface area contributed by atoms with Crippen LogP contribution in [0.1, 0.15) is 34.1 Å². The molecule has 0 N–H and O–H groups in total. The van der Waals surface area contributed by atoms with Crippen molar-refractivity contribution in [2.24, 2.45) is 0 Å². The van der Waals surface area contributed by atoms with Crippen LogP contribution in [0.25, 0.3) is 10.6 Å². The number of amides is 1. The van der Waals surface area contributed by atoms with Crippen LogP contribution in [0.3, 0.4) is 0 Å². The quantitative estimate of drug-likeness (QED) is 0.359. The molecule has 2 heterocycles. The first kappa shape index (κ1) is 21.3. The van der Waals surface area contributed by atoms with Crippen LogP contribution in [0.2, 0.25) is 0 Å². The van der Waals surface area contributed by atoms with Crippen LogP contribution in [-0.2, 0) is 0 Å². The summed E-state index contributed by atoms with van der Waals surface area (Å²) in [6.45, 7) is 1.28. The summed E-state index contributed by atoms with van der Waals surface area (Å²) in [5.74, 6) is 1.22. The molecule has 1 aliphatic rings. The maximum absolute atomic E-state index is 14.1. The molecule has 3 aromatic carbocycles. The van der Waals surface area contributed by atoms with E-state index in [0.717, 1.165) is 23.6 Å². The Bertz CT molecular complexity index is 1240. The number of para-hydroxylation sites is 1. The molecular weight excluding hydrogens is 437 g/mol. The van der Waals surface area contributed by atoms with Gasteiger partial charge in [-0.1, -0.05) is 41.7 Å². The topological polar surface area (TPSA) is 55.3 Å². The van der Waals surface area contributed by atoms with E-state index in [0.29, 0.717) is 35.0 Å². The Labute approximate surface area is 195 Å². The molecule has 0 saturated carbocycles. The fourth-order valence-corrected chi connectivity index (χ4v) is 4.97. The van der Waals surface area contributed by atoms with Gasteiger partial charge in [0.1, 0.15) is 22.3 Å². The van der Waals surface area contributed by atoms with Crippen molar-refractivity contribution in [3.05, 3.63) is 95.3 Å². The number of carbonyl (C=O) groups is 1. The largest absolute Gasteiger partial charge is 0.457 e. The summed E-state index contributed by atoms with van der Waals surface area (Å²) >= 11 is 1.40. The van der Waals surface area contributed by atoms with Gasteiger partial charge in [-0.15, -0.1) is 10.2 Å². The van der Waals surface area contributed by atoms with Crippen molar-refractivity contribution in [3.63, 3.8) is 0 Å². The van der Waals surface area contributed by atoms with Gasteiger partial charge in [0.2, 0.25) is 0 Å². The molecule has 0 aliphatic carbocycles. The number of benzene rings is 3. The van der Waals surface area contributed by atoms with E-state index in [1.54, 1.807) is 30.3 Å². The minimum Gasteiger partial charge on any atom is -0.457 e. The summed E-state index contributed by atoms with van der Waals surface area (Å²) in [4.78, 5) is 15.0. The summed E-state index contributed by atoms with van der Waals surface area (Å²) in [5, 5.41) is 9.94. The van der Waals surface area contributed by atoms with Gasteiger partial charge < -0.3 is 9.64 Å². The van der Waals surface area contributed by atoms with Crippen molar-refractivity contribution in [2.75, 3.05) is 13.1 Å². The molecule has 0 spiro atoms. The number of likely N-dealkylation sites (tertiary alicyclic amines) is 1. The zero-order valence-corrected chi connectivity index (χ0v) is 18.7. The number of nitrogens with zero attached hydrogens (tertiary/aromatic N) is 3. The molecule has 5 rings (SSSR count). The van der Waals surface area contributed by atoms with Crippen molar-refractivity contribution >= 4 is 17.2 Å². The van der Waals surface area contributed by atoms with E-state index in [-0.39, 0.29) is 17.6 Å². The number of carbonyl (C=O) groups excluding carboxylic acids is 1. The van der Waals surface area contributed by atoms with Gasteiger partial charge in [0.25, 0.3) is 5.91 Å². The Balaban J connectivity index is 1.26. The highest BCUT2D eigenvalue weighted by atomic mass is 32.1. The Kier molecular flexibility index (Phi) is 6.13. The lowest BCUT2D eigenvalue weighted by atomic mass is 9.98. The van der Waals surface area contributed by atoms with Crippen LogP contribution in [0.5, 0.6) is 11.5 Å². The molecular formula is C26H22FN3O2S. The molecule has 33 heavy (non-hydrogen) atoms. The molecule has 0 radical (unpaired) electrons. The molecule has 5 nitrogen and oxygen atoms in total. The monoisotopic (exact) mass is 459 g/mol. The number of piperidine rings is 1. The van der Waals surface area contributed by atoms with E-state index in [4.69, 9.17) is 4.74 Å². The zero-order chi connectivity index (χ0) is 22.6. The Morgan fingerprint density at radius 2 is 1.67 bits per heavy atom. The molecule has 1 saturated heterocycles. The first-order valence-electron chi connectivity index (χ1n) is 10.9. The maximum Gasteiger partial charge on any atom is 0.253 e. The number of aromatic nitrogens is 2. The van der Waals surface area contributed by atoms with E-state index >= 15 is 0 Å². The minimum atomic E-state index is -0.305. The van der Waals surface area contributed by atoms with E-state index in [9.17, 15) is 9.18 Å². The maximum atomic E-state index is 14.1. The highest BCUT2D eigenvalue weighted by Gasteiger charge is 2.28. The van der Waals surface area contributed by atoms with E-state index in [1.165, 1.54) is 17.4 Å². The number of ether oxygens (including phenoxy) is 1. The van der Waals surface area contributed by atoms with Crippen molar-refractivity contribution in [1.29, 1.82) is 0 Å². The standard InChI is InChI=1S/C26H22FN3O2S/c27-23-11-5-4-10-22(23)25-29-28-24(33-25)19-7-6-16-30(17-19)26(31)18-12-14-21(15-13-18)32-20-8-2-1-3-9-20/h1-5,8-15,19H,6-7,16-17H2. The van der Waals surface area contributed by atoms with Crippen LogP contribution in [-0.4, -0.2) is 34.1 Å². The smallest absolute Gasteiger partial charge is 0.253 e. The molecule has 7 heteroatoms. The van der Waals surface area contributed by atoms with Gasteiger partial charge in [0.05, 0.1) is 0 Å². The summed E-state index contributed by atoms with van der Waals surface area (Å²) in [6, 6.07) is 23.3. The fourth-order valence-electron chi connectivity index (χ4n) is 3.98. The third kappa shape index (κ3) is 4.78. The second kappa shape index (κ2) is 9.50. The lowest BCUT2D eigenvalue weighted by molar-refractivity contribution is 0.0707. The number of hydrogen-bond acceptors (Lipinski definition) is 5. The Morgan fingerprint density at radius 3 is 2.45 bits per heavy atom. The number of rotatable bonds is 5. The molecule has 0 bridgehead atoms. The average Bonchev–Trinajstić information content (AvgIpc) is 3.35. The Hall–Kier alpha value is -3.58. The number of hydrogen-bond donors (Lipinski definition) is 0. The zero-order valence-electron chi connectivity index (χ0n) is 17.9. The second-order valence-electron chi connectivity index (χ2n) is 7.96. The van der Waals surface area contributed by atoms with Crippen LogP contribution in [0, 0.1) is 5.82 Å². The third-order valence-electron chi connectivity index (χ3n) is 5.68. The van der Waals surface area contributed by atoms with Gasteiger partial charge in [0, 0.05) is 30.1 Å². The minimum absolute atomic E-state index is 0.00944. The SMILES string of the molecule is O=C(c1ccc(Oc2ccccc2)cc1)N1CCCC(c2nnc(-c3ccccc3F)s2)C1. The van der Waals surface area contributed by atoms with Gasteiger partial charge >= 0.3 is 0 Å². The molecule has 166 valence electrons. The third-order valence-corrected chi connectivity index (χ3v) is 6.80. The predicted octanol–water partition coefficient (Wildman–Crippen LogP) is 6.16. The van der Waals surface area contributed by atoms with Gasteiger partial charge in [-0.2, -0.15) is 0 Å². The average molecular weight is 460 g/mol. The van der Waals surface area contributed by atoms with E-state index in [1.807, 2.05) is 47.4 Å². The summed E-state index contributed by atoms with van der Waals surface area (Å²) < 4.78 is 19.9. The number of halogens is 1. The first-order chi connectivity index (χ1) is 16.2. The normalized spacial score (nSPS) is 15.9. The van der Waals surface area contributed by atoms with Gasteiger partial charge in [-0.25, -0.2) is 4.39 Å². The molecule has 1 atom stereocenters. The second-order valence-corrected chi connectivity index (χ2v) is 8.96. The Morgan fingerprint density at radius 1 is 0.939 bits per heavy atom. The van der Waals surface area contributed by atoms with Crippen LogP contribution < -0.4 is 4.74 Å². The van der Waals surface area contributed by atoms with Crippen LogP contribution >= 0.6 is 11.3 Å². The van der Waals surface area contributed by atoms with Crippen LogP contribution in [0.15, 0.2) is 78.9 Å². The molecule has 1 fully saturated rings. The fraction of sp³-hybridized carbons (Fsp3) is 0.192. The van der Waals surface area contributed by atoms with Gasteiger partial charge in [0.15, 0.2) is 5.01 Å². The summed E-state index contributed by atoms with van der Waals surface area (Å²) in [7, 11) is 0. The van der Waals surface area contributed by atoms with Crippen molar-refractivity contribution in [2.45, 2.75) is 18.8 Å². The molecule has 4 aromatic rings. The predicted molar refractivity (Wildman–Crippen MR) is 126 cm³/mol. The summed E-state index contributed by atoms with van der Waals surface area (Å²) in [6.07, 6.45) is 1.82. The van der Waals surface area contributed by atoms with Gasteiger partial charge in [-0.3, -0.25) is 4.79 Å². The van der Waals surface area contributed by atoms with Crippen molar-refractivity contribution in [3.8, 4) is 22.1 Å². The molecule has 1 aliphatic heterocycles. The van der Waals surface area contributed by atoms with Gasteiger partial charge in [-0.05, 0) is 61.4 Å². The lowest BCUT2D eigenvalue weighted by Gasteiger charge is -2.31. The van der Waals surface area contributed by atoms with Crippen molar-refractivity contribution < 1.29 is 13.9 Å². The van der Waals surface area contributed by atoms with E-state index < -0.39 is 0 Å². The molecule has 1 unspecified atom stereocenters. The van der Waals surface area contributed by atoms with Crippen molar-refractivity contribution in [1.82, 2.24) is 15.1 Å². The lowest BCUT2D eigenvalue weighted by Crippen LogP contribution is -2.39. The molecule has 1 amide bonds.